The van der Waals surface area contributed by atoms with E-state index in [9.17, 15) is 22.8 Å². The first-order chi connectivity index (χ1) is 28.4. The van der Waals surface area contributed by atoms with Crippen LogP contribution < -0.4 is 14.2 Å². The van der Waals surface area contributed by atoms with Gasteiger partial charge in [-0.3, -0.25) is 23.9 Å². The van der Waals surface area contributed by atoms with Crippen molar-refractivity contribution in [3.63, 3.8) is 0 Å². The number of ether oxygens (including phenoxy) is 3. The van der Waals surface area contributed by atoms with E-state index >= 15 is 4.79 Å². The van der Waals surface area contributed by atoms with Gasteiger partial charge in [-0.1, -0.05) is 32.4 Å². The molecule has 3 fully saturated rings. The maximum absolute atomic E-state index is 15.2. The van der Waals surface area contributed by atoms with Crippen molar-refractivity contribution in [1.82, 2.24) is 24.4 Å². The minimum Gasteiger partial charge on any atom is -0.497 e. The highest BCUT2D eigenvalue weighted by Gasteiger charge is 2.62. The molecular formula is C45H59N5O9S. The molecular weight excluding hydrogens is 787 g/mol. The molecule has 15 heteroatoms. The normalized spacial score (nSPS) is 28.8. The maximum Gasteiger partial charge on any atom is 0.307 e. The largest absolute Gasteiger partial charge is 0.497 e. The van der Waals surface area contributed by atoms with Crippen LogP contribution in [-0.2, 0) is 33.9 Å². The zero-order chi connectivity index (χ0) is 43.2. The van der Waals surface area contributed by atoms with Gasteiger partial charge < -0.3 is 19.1 Å². The van der Waals surface area contributed by atoms with Crippen LogP contribution in [-0.4, -0.2) is 87.8 Å². The molecule has 2 saturated carbocycles. The molecule has 7 atom stereocenters. The van der Waals surface area contributed by atoms with Gasteiger partial charge in [0.2, 0.25) is 27.7 Å². The number of sulfonamides is 1. The topological polar surface area (TPSA) is 176 Å². The zero-order valence-corrected chi connectivity index (χ0v) is 36.6. The van der Waals surface area contributed by atoms with E-state index in [-0.39, 0.29) is 55.3 Å². The number of aromatic nitrogens is 3. The number of fused-ring (bicyclic) bond motifs is 3. The predicted octanol–water partition coefficient (Wildman–Crippen LogP) is 6.49. The van der Waals surface area contributed by atoms with Crippen LogP contribution in [0, 0.1) is 29.1 Å². The SMILES string of the molecule is CC[C@@H]1C[C@H](C)CC/C=C\[C@@H]2C[C@@]2(C(=O)NS(=O)(=O)C2(C)CC2)CC(=O)[C@@H]2C[C@@H](Oc3ncc(-n4cccn4)c4cc(OC)ccc34)CN2C(=O)[C@H]1CC(=O)OC(C)(C)C. The van der Waals surface area contributed by atoms with Gasteiger partial charge in [0.1, 0.15) is 17.5 Å². The molecule has 1 aromatic carbocycles. The predicted molar refractivity (Wildman–Crippen MR) is 225 cm³/mol. The Morgan fingerprint density at radius 2 is 1.87 bits per heavy atom. The van der Waals surface area contributed by atoms with Crippen LogP contribution in [0.4, 0.5) is 0 Å². The Kier molecular flexibility index (Phi) is 12.0. The Balaban J connectivity index is 1.26. The quantitative estimate of drug-likeness (QED) is 0.174. The molecule has 0 radical (unpaired) electrons. The number of hydrogen-bond donors (Lipinski definition) is 1. The number of ketones is 1. The van der Waals surface area contributed by atoms with Gasteiger partial charge >= 0.3 is 5.97 Å². The second-order valence-corrected chi connectivity index (χ2v) is 20.9. The number of pyridine rings is 1. The number of methoxy groups -OCH3 is 1. The third kappa shape index (κ3) is 8.96. The van der Waals surface area contributed by atoms with Crippen molar-refractivity contribution in [3.05, 3.63) is 55.0 Å². The van der Waals surface area contributed by atoms with E-state index < -0.39 is 55.7 Å². The fourth-order valence-electron chi connectivity index (χ4n) is 9.06. The second kappa shape index (κ2) is 16.6. The van der Waals surface area contributed by atoms with Gasteiger partial charge in [-0.25, -0.2) is 18.1 Å². The lowest BCUT2D eigenvalue weighted by Crippen LogP contribution is -2.48. The van der Waals surface area contributed by atoms with Crippen LogP contribution in [0.5, 0.6) is 11.6 Å². The summed E-state index contributed by atoms with van der Waals surface area (Å²) in [6, 6.07) is 6.32. The van der Waals surface area contributed by atoms with Crippen LogP contribution in [0.1, 0.15) is 106 Å². The number of nitrogens with zero attached hydrogens (tertiary/aromatic N) is 4. The summed E-state index contributed by atoms with van der Waals surface area (Å²) in [6.45, 7) is 11.2. The number of hydrogen-bond acceptors (Lipinski definition) is 11. The maximum atomic E-state index is 15.2. The average Bonchev–Trinajstić information content (AvgIpc) is 3.95. The number of nitrogens with one attached hydrogen (secondary N) is 1. The monoisotopic (exact) mass is 845 g/mol. The highest BCUT2D eigenvalue weighted by Crippen LogP contribution is 2.58. The summed E-state index contributed by atoms with van der Waals surface area (Å²) < 4.78 is 47.6. The Labute approximate surface area is 352 Å². The molecule has 14 nitrogen and oxygen atoms in total. The second-order valence-electron chi connectivity index (χ2n) is 18.7. The fraction of sp³-hybridized carbons (Fsp3) is 0.600. The number of carbonyl (C=O) groups excluding carboxylic acids is 4. The van der Waals surface area contributed by atoms with Gasteiger partial charge in [-0.2, -0.15) is 5.10 Å². The van der Waals surface area contributed by atoms with Crippen LogP contribution in [0.15, 0.2) is 55.0 Å². The smallest absolute Gasteiger partial charge is 0.307 e. The number of esters is 1. The van der Waals surface area contributed by atoms with E-state index in [2.05, 4.69) is 16.7 Å². The standard InChI is InChI=1S/C45H59N5O9S/c1-8-29-20-28(2)12-9-10-13-30-24-45(30,42(54)48-60(55,56)44(6)16-17-44)25-38(51)36-22-32(27-49(36)41(53)34(29)23-39(52)59-43(3,4)5)58-40-33-15-14-31(57-7)21-35(33)37(26-46-40)50-19-11-18-47-50/h10-11,13-15,18-19,21,26,28-30,32,34,36H,8-9,12,16-17,20,22-25,27H2,1-7H3,(H,48,54)/b13-10-/t28-,29-,30-,32-,34+,36+,45-/m1/s1. The number of benzene rings is 1. The third-order valence-corrected chi connectivity index (χ3v) is 15.2. The molecule has 0 bridgehead atoms. The first-order valence-electron chi connectivity index (χ1n) is 21.3. The molecule has 4 aliphatic rings. The minimum absolute atomic E-state index is 0.0293. The van der Waals surface area contributed by atoms with E-state index in [1.165, 1.54) is 0 Å². The molecule has 2 aliphatic carbocycles. The molecule has 1 N–H and O–H groups in total. The van der Waals surface area contributed by atoms with Crippen LogP contribution in [0.2, 0.25) is 0 Å². The van der Waals surface area contributed by atoms with E-state index in [1.807, 2.05) is 43.5 Å². The lowest BCUT2D eigenvalue weighted by molar-refractivity contribution is -0.160. The van der Waals surface area contributed by atoms with Gasteiger partial charge in [0.05, 0.1) is 54.1 Å². The molecule has 2 amide bonds. The summed E-state index contributed by atoms with van der Waals surface area (Å²) in [5, 5.41) is 5.82. The molecule has 0 spiro atoms. The van der Waals surface area contributed by atoms with Crippen LogP contribution >= 0.6 is 0 Å². The van der Waals surface area contributed by atoms with E-state index in [4.69, 9.17) is 19.2 Å². The van der Waals surface area contributed by atoms with Gasteiger partial charge in [-0.15, -0.1) is 0 Å². The summed E-state index contributed by atoms with van der Waals surface area (Å²) in [7, 11) is -2.39. The number of amides is 2. The van der Waals surface area contributed by atoms with Crippen molar-refractivity contribution in [3.8, 4) is 17.3 Å². The van der Waals surface area contributed by atoms with E-state index in [1.54, 1.807) is 62.8 Å². The summed E-state index contributed by atoms with van der Waals surface area (Å²) >= 11 is 0. The van der Waals surface area contributed by atoms with Gasteiger partial charge in [0.25, 0.3) is 0 Å². The van der Waals surface area contributed by atoms with Crippen molar-refractivity contribution in [2.75, 3.05) is 13.7 Å². The summed E-state index contributed by atoms with van der Waals surface area (Å²) in [5.74, 6) is -2.07. The van der Waals surface area contributed by atoms with E-state index in [0.29, 0.717) is 61.2 Å². The Hall–Kier alpha value is -4.79. The summed E-state index contributed by atoms with van der Waals surface area (Å²) in [6.07, 6.45) is 12.2. The number of carbonyl (C=O) groups is 4. The van der Waals surface area contributed by atoms with Crippen molar-refractivity contribution < 1.29 is 41.8 Å². The minimum atomic E-state index is -3.97. The Bertz CT molecular complexity index is 2260. The molecule has 0 unspecified atom stereocenters. The average molecular weight is 846 g/mol. The summed E-state index contributed by atoms with van der Waals surface area (Å²) in [4.78, 5) is 63.9. The first kappa shape index (κ1) is 43.3. The molecule has 324 valence electrons. The van der Waals surface area contributed by atoms with Crippen molar-refractivity contribution in [2.24, 2.45) is 29.1 Å². The van der Waals surface area contributed by atoms with Crippen LogP contribution in [0.3, 0.4) is 0 Å². The Morgan fingerprint density at radius 3 is 2.53 bits per heavy atom. The zero-order valence-electron chi connectivity index (χ0n) is 35.8. The first-order valence-corrected chi connectivity index (χ1v) is 22.8. The molecule has 2 aliphatic heterocycles. The number of Topliss-reactive ketones (excluding diaryl/α,β-unsaturated/α-hetero) is 1. The van der Waals surface area contributed by atoms with Crippen molar-refractivity contribution in [2.45, 2.75) is 128 Å². The third-order valence-electron chi connectivity index (χ3n) is 13.0. The fourth-order valence-corrected chi connectivity index (χ4v) is 10.4. The van der Waals surface area contributed by atoms with Gasteiger partial charge in [0, 0.05) is 36.0 Å². The molecule has 4 heterocycles. The number of allylic oxidation sites excluding steroid dienone is 2. The number of rotatable bonds is 10. The van der Waals surface area contributed by atoms with Crippen molar-refractivity contribution >= 4 is 44.4 Å². The lowest BCUT2D eigenvalue weighted by Gasteiger charge is -2.33. The molecule has 7 rings (SSSR count). The van der Waals surface area contributed by atoms with Gasteiger partial charge in [-0.05, 0) is 108 Å². The molecule has 60 heavy (non-hydrogen) atoms. The Morgan fingerprint density at radius 1 is 1.10 bits per heavy atom. The van der Waals surface area contributed by atoms with E-state index in [0.717, 1.165) is 11.8 Å². The molecule has 3 aromatic rings. The highest BCUT2D eigenvalue weighted by molar-refractivity contribution is 7.91. The van der Waals surface area contributed by atoms with Crippen LogP contribution in [0.25, 0.3) is 16.5 Å². The lowest BCUT2D eigenvalue weighted by atomic mass is 9.79. The van der Waals surface area contributed by atoms with Gasteiger partial charge in [0.15, 0.2) is 5.78 Å². The highest BCUT2D eigenvalue weighted by atomic mass is 32.2. The molecule has 2 aromatic heterocycles. The molecule has 1 saturated heterocycles. The van der Waals surface area contributed by atoms with Crippen molar-refractivity contribution in [1.29, 1.82) is 0 Å². The summed E-state index contributed by atoms with van der Waals surface area (Å²) in [5.41, 5.74) is -1.35.